The van der Waals surface area contributed by atoms with Crippen LogP contribution in [0.25, 0.3) is 0 Å². The normalized spacial score (nSPS) is 22.6. The third-order valence-corrected chi connectivity index (χ3v) is 4.81. The van der Waals surface area contributed by atoms with Crippen molar-refractivity contribution >= 4 is 29.9 Å². The number of amides is 2. The van der Waals surface area contributed by atoms with Gasteiger partial charge in [-0.15, -0.1) is 12.4 Å². The molecule has 0 heterocycles. The summed E-state index contributed by atoms with van der Waals surface area (Å²) in [4.78, 5) is 25.8. The zero-order valence-corrected chi connectivity index (χ0v) is 14.8. The summed E-state index contributed by atoms with van der Waals surface area (Å²) in [7, 11) is 0. The fourth-order valence-corrected chi connectivity index (χ4v) is 3.27. The summed E-state index contributed by atoms with van der Waals surface area (Å²) in [5, 5.41) is 2.97. The first-order valence-corrected chi connectivity index (χ1v) is 8.45. The molecule has 6 heteroatoms. The van der Waals surface area contributed by atoms with E-state index in [0.717, 1.165) is 43.4 Å². The molecule has 2 aliphatic carbocycles. The molecule has 2 saturated carbocycles. The third kappa shape index (κ3) is 4.71. The molecule has 1 aromatic carbocycles. The quantitative estimate of drug-likeness (QED) is 0.856. The summed E-state index contributed by atoms with van der Waals surface area (Å²) in [5.74, 6) is 0.226. The Kier molecular flexibility index (Phi) is 6.24. The van der Waals surface area contributed by atoms with E-state index < -0.39 is 0 Å². The number of nitrogens with two attached hydrogens (primary N) is 1. The molecule has 2 amide bonds. The SMILES string of the molecule is CC(=O)N(Cc1ccc(NC(=O)C2CCC(N)C2)cc1)C1CC1.Cl. The van der Waals surface area contributed by atoms with Crippen molar-refractivity contribution in [3.05, 3.63) is 29.8 Å². The molecular formula is C18H26ClN3O2. The predicted octanol–water partition coefficient (Wildman–Crippen LogP) is 2.69. The maximum Gasteiger partial charge on any atom is 0.227 e. The topological polar surface area (TPSA) is 75.4 Å². The van der Waals surface area contributed by atoms with Gasteiger partial charge in [0.15, 0.2) is 0 Å². The number of halogens is 1. The highest BCUT2D eigenvalue weighted by molar-refractivity contribution is 5.92. The Balaban J connectivity index is 0.00000208. The minimum absolute atomic E-state index is 0. The molecule has 5 nitrogen and oxygen atoms in total. The molecule has 0 bridgehead atoms. The van der Waals surface area contributed by atoms with Crippen molar-refractivity contribution in [2.24, 2.45) is 11.7 Å². The summed E-state index contributed by atoms with van der Waals surface area (Å²) >= 11 is 0. The van der Waals surface area contributed by atoms with Crippen molar-refractivity contribution in [3.8, 4) is 0 Å². The van der Waals surface area contributed by atoms with E-state index in [0.29, 0.717) is 12.6 Å². The average molecular weight is 352 g/mol. The Morgan fingerprint density at radius 1 is 1.17 bits per heavy atom. The van der Waals surface area contributed by atoms with Gasteiger partial charge in [-0.25, -0.2) is 0 Å². The van der Waals surface area contributed by atoms with Crippen LogP contribution in [-0.4, -0.2) is 28.8 Å². The smallest absolute Gasteiger partial charge is 0.227 e. The van der Waals surface area contributed by atoms with Gasteiger partial charge in [-0.2, -0.15) is 0 Å². The molecule has 1 aromatic rings. The van der Waals surface area contributed by atoms with Gasteiger partial charge in [0.1, 0.15) is 0 Å². The first kappa shape index (κ1) is 18.7. The van der Waals surface area contributed by atoms with Gasteiger partial charge in [0.05, 0.1) is 0 Å². The van der Waals surface area contributed by atoms with Crippen molar-refractivity contribution in [1.82, 2.24) is 4.90 Å². The lowest BCUT2D eigenvalue weighted by molar-refractivity contribution is -0.130. The first-order valence-electron chi connectivity index (χ1n) is 8.45. The summed E-state index contributed by atoms with van der Waals surface area (Å²) in [5.41, 5.74) is 7.76. The molecule has 0 aromatic heterocycles. The first-order chi connectivity index (χ1) is 11.0. The van der Waals surface area contributed by atoms with E-state index in [4.69, 9.17) is 5.73 Å². The Bertz CT molecular complexity index is 586. The number of carbonyl (C=O) groups excluding carboxylic acids is 2. The van der Waals surface area contributed by atoms with E-state index in [9.17, 15) is 9.59 Å². The number of carbonyl (C=O) groups is 2. The molecule has 132 valence electrons. The lowest BCUT2D eigenvalue weighted by Crippen LogP contribution is -2.30. The zero-order chi connectivity index (χ0) is 16.4. The molecule has 2 aliphatic rings. The molecule has 2 fully saturated rings. The summed E-state index contributed by atoms with van der Waals surface area (Å²) in [6.45, 7) is 2.27. The van der Waals surface area contributed by atoms with Gasteiger partial charge in [0, 0.05) is 37.2 Å². The van der Waals surface area contributed by atoms with Crippen LogP contribution in [0.4, 0.5) is 5.69 Å². The number of nitrogens with one attached hydrogen (secondary N) is 1. The minimum atomic E-state index is 0. The molecule has 24 heavy (non-hydrogen) atoms. The molecule has 0 radical (unpaired) electrons. The average Bonchev–Trinajstić information content (AvgIpc) is 3.26. The van der Waals surface area contributed by atoms with Crippen LogP contribution in [0.5, 0.6) is 0 Å². The van der Waals surface area contributed by atoms with E-state index >= 15 is 0 Å². The number of hydrogen-bond donors (Lipinski definition) is 2. The molecule has 3 rings (SSSR count). The second kappa shape index (κ2) is 7.99. The van der Waals surface area contributed by atoms with E-state index in [-0.39, 0.29) is 36.2 Å². The second-order valence-electron chi connectivity index (χ2n) is 6.83. The van der Waals surface area contributed by atoms with Crippen LogP contribution in [0.2, 0.25) is 0 Å². The Morgan fingerprint density at radius 2 is 1.83 bits per heavy atom. The van der Waals surface area contributed by atoms with Gasteiger partial charge in [-0.05, 0) is 49.8 Å². The molecule has 0 aliphatic heterocycles. The Morgan fingerprint density at radius 3 is 2.33 bits per heavy atom. The van der Waals surface area contributed by atoms with Gasteiger partial charge in [-0.3, -0.25) is 9.59 Å². The number of hydrogen-bond acceptors (Lipinski definition) is 3. The van der Waals surface area contributed by atoms with Crippen molar-refractivity contribution in [3.63, 3.8) is 0 Å². The predicted molar refractivity (Wildman–Crippen MR) is 96.9 cm³/mol. The molecule has 0 saturated heterocycles. The molecule has 0 spiro atoms. The van der Waals surface area contributed by atoms with Crippen LogP contribution in [0.1, 0.15) is 44.6 Å². The number of rotatable bonds is 5. The maximum absolute atomic E-state index is 12.2. The highest BCUT2D eigenvalue weighted by Crippen LogP contribution is 2.29. The van der Waals surface area contributed by atoms with Crippen LogP contribution >= 0.6 is 12.4 Å². The Labute approximate surface area is 149 Å². The Hall–Kier alpha value is -1.59. The highest BCUT2D eigenvalue weighted by Gasteiger charge is 2.30. The minimum Gasteiger partial charge on any atom is -0.336 e. The largest absolute Gasteiger partial charge is 0.336 e. The van der Waals surface area contributed by atoms with Crippen LogP contribution in [0.3, 0.4) is 0 Å². The lowest BCUT2D eigenvalue weighted by atomic mass is 10.1. The number of benzene rings is 1. The van der Waals surface area contributed by atoms with Crippen molar-refractivity contribution in [1.29, 1.82) is 0 Å². The lowest BCUT2D eigenvalue weighted by Gasteiger charge is -2.20. The fraction of sp³-hybridized carbons (Fsp3) is 0.556. The van der Waals surface area contributed by atoms with Gasteiger partial charge in [0.2, 0.25) is 11.8 Å². The summed E-state index contributed by atoms with van der Waals surface area (Å²) < 4.78 is 0. The van der Waals surface area contributed by atoms with Gasteiger partial charge >= 0.3 is 0 Å². The second-order valence-corrected chi connectivity index (χ2v) is 6.83. The van der Waals surface area contributed by atoms with E-state index in [1.54, 1.807) is 6.92 Å². The highest BCUT2D eigenvalue weighted by atomic mass is 35.5. The van der Waals surface area contributed by atoms with Gasteiger partial charge < -0.3 is 16.0 Å². The van der Waals surface area contributed by atoms with Gasteiger partial charge in [0.25, 0.3) is 0 Å². The monoisotopic (exact) mass is 351 g/mol. The van der Waals surface area contributed by atoms with E-state index in [1.807, 2.05) is 29.2 Å². The van der Waals surface area contributed by atoms with E-state index in [2.05, 4.69) is 5.32 Å². The van der Waals surface area contributed by atoms with Crippen LogP contribution in [0.15, 0.2) is 24.3 Å². The van der Waals surface area contributed by atoms with Crippen LogP contribution in [0, 0.1) is 5.92 Å². The molecule has 2 atom stereocenters. The maximum atomic E-state index is 12.2. The molecule has 2 unspecified atom stereocenters. The van der Waals surface area contributed by atoms with Crippen LogP contribution < -0.4 is 11.1 Å². The van der Waals surface area contributed by atoms with E-state index in [1.165, 1.54) is 0 Å². The number of nitrogens with zero attached hydrogens (tertiary/aromatic N) is 1. The molecule has 3 N–H and O–H groups in total. The molecular weight excluding hydrogens is 326 g/mol. The third-order valence-electron chi connectivity index (χ3n) is 4.81. The zero-order valence-electron chi connectivity index (χ0n) is 14.0. The van der Waals surface area contributed by atoms with Crippen molar-refractivity contribution < 1.29 is 9.59 Å². The van der Waals surface area contributed by atoms with Gasteiger partial charge in [-0.1, -0.05) is 12.1 Å². The fourth-order valence-electron chi connectivity index (χ4n) is 3.27. The summed E-state index contributed by atoms with van der Waals surface area (Å²) in [6.07, 6.45) is 4.80. The van der Waals surface area contributed by atoms with Crippen molar-refractivity contribution in [2.45, 2.75) is 57.7 Å². The van der Waals surface area contributed by atoms with Crippen molar-refractivity contribution in [2.75, 3.05) is 5.32 Å². The standard InChI is InChI=1S/C18H25N3O2.ClH/c1-12(22)21(17-8-9-17)11-13-2-6-16(7-3-13)20-18(23)14-4-5-15(19)10-14;/h2-3,6-7,14-15,17H,4-5,8-11,19H2,1H3,(H,20,23);1H. The number of anilines is 1. The van der Waals surface area contributed by atoms with Crippen LogP contribution in [-0.2, 0) is 16.1 Å². The summed E-state index contributed by atoms with van der Waals surface area (Å²) in [6, 6.07) is 8.36.